The SMILES string of the molecule is CCC(C)CNC(=O)Cn1cccc1C(=O)O. The third kappa shape index (κ3) is 3.94. The second-order valence-electron chi connectivity index (χ2n) is 4.14. The number of aromatic nitrogens is 1. The molecular weight excluding hydrogens is 220 g/mol. The quantitative estimate of drug-likeness (QED) is 0.785. The summed E-state index contributed by atoms with van der Waals surface area (Å²) in [4.78, 5) is 22.4. The predicted octanol–water partition coefficient (Wildman–Crippen LogP) is 1.35. The summed E-state index contributed by atoms with van der Waals surface area (Å²) in [5.41, 5.74) is 0.128. The van der Waals surface area contributed by atoms with E-state index in [-0.39, 0.29) is 18.1 Å². The third-order valence-corrected chi connectivity index (χ3v) is 2.71. The van der Waals surface area contributed by atoms with Gasteiger partial charge in [0.1, 0.15) is 12.2 Å². The van der Waals surface area contributed by atoms with Crippen molar-refractivity contribution in [3.05, 3.63) is 24.0 Å². The molecule has 0 aromatic carbocycles. The fourth-order valence-corrected chi connectivity index (χ4v) is 1.39. The fraction of sp³-hybridized carbons (Fsp3) is 0.500. The molecule has 0 spiro atoms. The second-order valence-corrected chi connectivity index (χ2v) is 4.14. The summed E-state index contributed by atoms with van der Waals surface area (Å²) in [6.07, 6.45) is 2.59. The summed E-state index contributed by atoms with van der Waals surface area (Å²) < 4.78 is 1.42. The van der Waals surface area contributed by atoms with Crippen LogP contribution in [-0.2, 0) is 11.3 Å². The number of aromatic carboxylic acids is 1. The Morgan fingerprint density at radius 2 is 2.24 bits per heavy atom. The maximum atomic E-state index is 11.6. The Kier molecular flexibility index (Phi) is 4.75. The molecule has 0 aliphatic carbocycles. The lowest BCUT2D eigenvalue weighted by atomic mass is 10.1. The second kappa shape index (κ2) is 6.08. The molecule has 0 saturated carbocycles. The highest BCUT2D eigenvalue weighted by Crippen LogP contribution is 2.02. The van der Waals surface area contributed by atoms with Crippen LogP contribution in [0.5, 0.6) is 0 Å². The smallest absolute Gasteiger partial charge is 0.352 e. The van der Waals surface area contributed by atoms with Gasteiger partial charge in [-0.05, 0) is 18.1 Å². The van der Waals surface area contributed by atoms with Crippen LogP contribution in [0, 0.1) is 5.92 Å². The topological polar surface area (TPSA) is 71.3 Å². The van der Waals surface area contributed by atoms with Gasteiger partial charge in [0.25, 0.3) is 0 Å². The molecule has 94 valence electrons. The van der Waals surface area contributed by atoms with E-state index in [0.717, 1.165) is 6.42 Å². The number of amides is 1. The Labute approximate surface area is 100 Å². The number of nitrogens with one attached hydrogen (secondary N) is 1. The highest BCUT2D eigenvalue weighted by atomic mass is 16.4. The molecule has 1 unspecified atom stereocenters. The molecule has 5 heteroatoms. The Morgan fingerprint density at radius 1 is 1.53 bits per heavy atom. The van der Waals surface area contributed by atoms with Crippen molar-refractivity contribution in [2.45, 2.75) is 26.8 Å². The van der Waals surface area contributed by atoms with Crippen LogP contribution >= 0.6 is 0 Å². The van der Waals surface area contributed by atoms with E-state index in [1.165, 1.54) is 10.6 Å². The van der Waals surface area contributed by atoms with E-state index in [4.69, 9.17) is 5.11 Å². The minimum absolute atomic E-state index is 0.0467. The molecule has 1 aromatic heterocycles. The Morgan fingerprint density at radius 3 is 2.82 bits per heavy atom. The first-order valence-corrected chi connectivity index (χ1v) is 5.69. The van der Waals surface area contributed by atoms with Crippen molar-refractivity contribution < 1.29 is 14.7 Å². The standard InChI is InChI=1S/C12H18N2O3/c1-3-9(2)7-13-11(15)8-14-6-4-5-10(14)12(16)17/h4-6,9H,3,7-8H2,1-2H3,(H,13,15)(H,16,17). The molecule has 0 fully saturated rings. The van der Waals surface area contributed by atoms with Crippen LogP contribution < -0.4 is 5.32 Å². The fourth-order valence-electron chi connectivity index (χ4n) is 1.39. The first-order chi connectivity index (χ1) is 8.04. The van der Waals surface area contributed by atoms with Crippen LogP contribution in [0.2, 0.25) is 0 Å². The van der Waals surface area contributed by atoms with E-state index < -0.39 is 5.97 Å². The van der Waals surface area contributed by atoms with Gasteiger partial charge in [-0.15, -0.1) is 0 Å². The molecule has 0 aliphatic rings. The van der Waals surface area contributed by atoms with Crippen molar-refractivity contribution in [2.75, 3.05) is 6.54 Å². The minimum Gasteiger partial charge on any atom is -0.477 e. The lowest BCUT2D eigenvalue weighted by Crippen LogP contribution is -2.31. The molecule has 1 atom stereocenters. The van der Waals surface area contributed by atoms with Crippen LogP contribution in [-0.4, -0.2) is 28.1 Å². The van der Waals surface area contributed by atoms with E-state index in [1.807, 2.05) is 0 Å². The summed E-state index contributed by atoms with van der Waals surface area (Å²) in [5.74, 6) is -0.753. The maximum Gasteiger partial charge on any atom is 0.352 e. The van der Waals surface area contributed by atoms with Crippen molar-refractivity contribution in [2.24, 2.45) is 5.92 Å². The lowest BCUT2D eigenvalue weighted by Gasteiger charge is -2.11. The van der Waals surface area contributed by atoms with Crippen molar-refractivity contribution in [1.29, 1.82) is 0 Å². The van der Waals surface area contributed by atoms with Gasteiger partial charge in [-0.2, -0.15) is 0 Å². The third-order valence-electron chi connectivity index (χ3n) is 2.71. The molecule has 0 aliphatic heterocycles. The predicted molar refractivity (Wildman–Crippen MR) is 63.9 cm³/mol. The normalized spacial score (nSPS) is 12.1. The van der Waals surface area contributed by atoms with E-state index in [9.17, 15) is 9.59 Å². The van der Waals surface area contributed by atoms with Gasteiger partial charge < -0.3 is 15.0 Å². The van der Waals surface area contributed by atoms with Crippen LogP contribution in [0.15, 0.2) is 18.3 Å². The van der Waals surface area contributed by atoms with Crippen molar-refractivity contribution >= 4 is 11.9 Å². The van der Waals surface area contributed by atoms with Crippen LogP contribution in [0.3, 0.4) is 0 Å². The molecule has 17 heavy (non-hydrogen) atoms. The van der Waals surface area contributed by atoms with Gasteiger partial charge >= 0.3 is 5.97 Å². The highest BCUT2D eigenvalue weighted by molar-refractivity contribution is 5.86. The number of carbonyl (C=O) groups excluding carboxylic acids is 1. The highest BCUT2D eigenvalue weighted by Gasteiger charge is 2.11. The van der Waals surface area contributed by atoms with Gasteiger partial charge in [-0.25, -0.2) is 4.79 Å². The molecule has 1 heterocycles. The first kappa shape index (κ1) is 13.3. The minimum atomic E-state index is -1.02. The summed E-state index contributed by atoms with van der Waals surface area (Å²) in [5, 5.41) is 11.7. The maximum absolute atomic E-state index is 11.6. The Balaban J connectivity index is 2.51. The lowest BCUT2D eigenvalue weighted by molar-refractivity contribution is -0.121. The summed E-state index contributed by atoms with van der Waals surface area (Å²) >= 11 is 0. The number of nitrogens with zero attached hydrogens (tertiary/aromatic N) is 1. The van der Waals surface area contributed by atoms with Gasteiger partial charge in [0.05, 0.1) is 0 Å². The Hall–Kier alpha value is -1.78. The summed E-state index contributed by atoms with van der Waals surface area (Å²) in [6.45, 7) is 4.79. The van der Waals surface area contributed by atoms with Gasteiger partial charge in [0.2, 0.25) is 5.91 Å². The zero-order valence-corrected chi connectivity index (χ0v) is 10.1. The van der Waals surface area contributed by atoms with Crippen molar-refractivity contribution in [3.63, 3.8) is 0 Å². The molecule has 1 rings (SSSR count). The molecule has 1 amide bonds. The molecule has 2 N–H and O–H groups in total. The summed E-state index contributed by atoms with van der Waals surface area (Å²) in [7, 11) is 0. The average Bonchev–Trinajstić information content (AvgIpc) is 2.74. The van der Waals surface area contributed by atoms with E-state index in [2.05, 4.69) is 19.2 Å². The number of carbonyl (C=O) groups is 2. The first-order valence-electron chi connectivity index (χ1n) is 5.69. The van der Waals surface area contributed by atoms with Gasteiger partial charge in [-0.1, -0.05) is 20.3 Å². The van der Waals surface area contributed by atoms with Crippen molar-refractivity contribution in [3.8, 4) is 0 Å². The van der Waals surface area contributed by atoms with Gasteiger partial charge in [-0.3, -0.25) is 4.79 Å². The zero-order chi connectivity index (χ0) is 12.8. The number of hydrogen-bond donors (Lipinski definition) is 2. The molecule has 5 nitrogen and oxygen atoms in total. The number of carboxylic acids is 1. The van der Waals surface area contributed by atoms with Crippen LogP contribution in [0.1, 0.15) is 30.8 Å². The van der Waals surface area contributed by atoms with E-state index in [0.29, 0.717) is 12.5 Å². The molecular formula is C12H18N2O3. The largest absolute Gasteiger partial charge is 0.477 e. The van der Waals surface area contributed by atoms with Gasteiger partial charge in [0, 0.05) is 12.7 Å². The van der Waals surface area contributed by atoms with Crippen LogP contribution in [0.25, 0.3) is 0 Å². The number of rotatable bonds is 6. The van der Waals surface area contributed by atoms with E-state index >= 15 is 0 Å². The zero-order valence-electron chi connectivity index (χ0n) is 10.1. The molecule has 1 aromatic rings. The molecule has 0 saturated heterocycles. The van der Waals surface area contributed by atoms with Crippen LogP contribution in [0.4, 0.5) is 0 Å². The molecule has 0 radical (unpaired) electrons. The Bertz CT molecular complexity index is 398. The number of carboxylic acid groups (broad SMARTS) is 1. The number of hydrogen-bond acceptors (Lipinski definition) is 2. The summed E-state index contributed by atoms with van der Waals surface area (Å²) in [6, 6.07) is 3.09. The van der Waals surface area contributed by atoms with Crippen molar-refractivity contribution in [1.82, 2.24) is 9.88 Å². The van der Waals surface area contributed by atoms with Gasteiger partial charge in [0.15, 0.2) is 0 Å². The van der Waals surface area contributed by atoms with E-state index in [1.54, 1.807) is 12.3 Å². The average molecular weight is 238 g/mol. The molecule has 0 bridgehead atoms. The monoisotopic (exact) mass is 238 g/mol.